The molecule has 9 N–H and O–H groups in total. The number of nitrogens with two attached hydrogens (primary N) is 2. The van der Waals surface area contributed by atoms with E-state index in [1.807, 2.05) is 30.8 Å². The van der Waals surface area contributed by atoms with Crippen molar-refractivity contribution >= 4 is 85.6 Å². The fourth-order valence-electron chi connectivity index (χ4n) is 5.02. The van der Waals surface area contributed by atoms with Gasteiger partial charge in [-0.1, -0.05) is 0 Å². The van der Waals surface area contributed by atoms with Gasteiger partial charge < -0.3 is 36.6 Å². The minimum absolute atomic E-state index is 0.0103. The summed E-state index contributed by atoms with van der Waals surface area (Å²) in [5.41, 5.74) is 15.4. The molecule has 0 radical (unpaired) electrons. The van der Waals surface area contributed by atoms with Crippen molar-refractivity contribution in [3.63, 3.8) is 0 Å². The number of hydrogen-bond acceptors (Lipinski definition) is 9. The van der Waals surface area contributed by atoms with E-state index in [0.717, 1.165) is 21.4 Å². The number of carboxylic acids is 2. The molecule has 2 atom stereocenters. The number of carbonyl (C=O) groups is 2. The minimum Gasteiger partial charge on any atom is -0.480 e. The molecule has 0 bridgehead atoms. The average Bonchev–Trinajstić information content (AvgIpc) is 3.82. The van der Waals surface area contributed by atoms with Crippen molar-refractivity contribution in [3.8, 4) is 0 Å². The number of rotatable bonds is 10. The number of nitro benzene ring substituents is 1. The molecule has 48 heavy (non-hydrogen) atoms. The highest BCUT2D eigenvalue weighted by Crippen LogP contribution is 2.37. The van der Waals surface area contributed by atoms with Crippen LogP contribution in [0.1, 0.15) is 11.1 Å². The van der Waals surface area contributed by atoms with Crippen LogP contribution in [-0.4, -0.2) is 72.9 Å². The smallest absolute Gasteiger partial charge is 0.320 e. The zero-order valence-electron chi connectivity index (χ0n) is 26.4. The number of hydrogen-bond donors (Lipinski definition) is 7. The Morgan fingerprint density at radius 2 is 1.33 bits per heavy atom. The van der Waals surface area contributed by atoms with Crippen LogP contribution < -0.4 is 11.5 Å². The zero-order chi connectivity index (χ0) is 35.0. The Balaban J connectivity index is 0.000000169. The maximum absolute atomic E-state index is 11.3. The van der Waals surface area contributed by atoms with Gasteiger partial charge in [-0.15, -0.1) is 35.3 Å². The normalized spacial score (nSPS) is 12.2. The number of fused-ring (bicyclic) bond motifs is 3. The number of nitrogens with zero attached hydrogens (tertiary/aromatic N) is 1. The topological polar surface area (TPSA) is 217 Å². The van der Waals surface area contributed by atoms with Gasteiger partial charge in [0.05, 0.1) is 20.7 Å². The molecule has 0 unspecified atom stereocenters. The number of aliphatic carboxylic acids is 2. The summed E-state index contributed by atoms with van der Waals surface area (Å²) in [5.74, 6) is -2.11. The molecular formula is C33H36N6O6S3. The SMILES string of the molecule is CSc1ccc2[nH]cc(C[C@H](N)C(=O)O)c2c1.CSc1ccc2[nH]cc(C[C@H](N)C(=O)O)c2c1[N+](=O)[O-].CSc1ccc2[nH]ccc2c1. The van der Waals surface area contributed by atoms with Crippen LogP contribution in [-0.2, 0) is 22.4 Å². The van der Waals surface area contributed by atoms with Gasteiger partial charge in [0.25, 0.3) is 5.69 Å². The quantitative estimate of drug-likeness (QED) is 0.0464. The van der Waals surface area contributed by atoms with Crippen molar-refractivity contribution in [2.24, 2.45) is 11.5 Å². The molecule has 0 spiro atoms. The van der Waals surface area contributed by atoms with Gasteiger partial charge in [0.2, 0.25) is 0 Å². The average molecular weight is 709 g/mol. The Morgan fingerprint density at radius 1 is 0.771 bits per heavy atom. The highest BCUT2D eigenvalue weighted by Gasteiger charge is 2.24. The number of H-pyrrole nitrogens is 3. The van der Waals surface area contributed by atoms with Crippen molar-refractivity contribution in [2.75, 3.05) is 18.8 Å². The third-order valence-electron chi connectivity index (χ3n) is 7.52. The van der Waals surface area contributed by atoms with Crippen molar-refractivity contribution in [3.05, 3.63) is 94.4 Å². The Morgan fingerprint density at radius 3 is 1.94 bits per heavy atom. The van der Waals surface area contributed by atoms with Crippen LogP contribution in [0.3, 0.4) is 0 Å². The van der Waals surface area contributed by atoms with Crippen LogP contribution in [0.4, 0.5) is 5.69 Å². The molecule has 0 aliphatic heterocycles. The Kier molecular flexibility index (Phi) is 12.6. The molecule has 0 saturated heterocycles. The van der Waals surface area contributed by atoms with Crippen LogP contribution in [0, 0.1) is 10.1 Å². The summed E-state index contributed by atoms with van der Waals surface area (Å²) in [6.07, 6.45) is 11.6. The van der Waals surface area contributed by atoms with E-state index in [1.165, 1.54) is 27.6 Å². The number of benzene rings is 3. The van der Waals surface area contributed by atoms with E-state index in [0.29, 0.717) is 27.8 Å². The molecule has 0 saturated carbocycles. The first-order chi connectivity index (χ1) is 23.0. The fraction of sp³-hybridized carbons (Fsp3) is 0.212. The first-order valence-corrected chi connectivity index (χ1v) is 18.2. The molecular weight excluding hydrogens is 673 g/mol. The molecule has 3 aromatic heterocycles. The third kappa shape index (κ3) is 8.73. The molecule has 0 aliphatic rings. The van der Waals surface area contributed by atoms with Crippen LogP contribution in [0.2, 0.25) is 0 Å². The van der Waals surface area contributed by atoms with E-state index in [1.54, 1.807) is 48.1 Å². The fourth-order valence-corrected chi connectivity index (χ4v) is 6.48. The molecule has 0 aliphatic carbocycles. The first-order valence-electron chi connectivity index (χ1n) is 14.5. The number of aromatic amines is 3. The number of aromatic nitrogens is 3. The molecule has 3 heterocycles. The standard InChI is InChI=1S/C12H13N3O4S.C12H14N2O2S.C9H9NS/c1-20-9-3-2-8-10(11(9)15(18)19)6(5-14-8)4-7(13)12(16)17;1-17-8-2-3-11-9(5-8)7(6-14-11)4-10(13)12(15)16;1-11-8-2-3-9-7(6-8)4-5-10-9/h2-3,5,7,14H,4,13H2,1H3,(H,16,17);2-3,5-6,10,14H,4,13H2,1H3,(H,15,16);2-6,10H,1H3/t7-;10-;/m00./s1. The summed E-state index contributed by atoms with van der Waals surface area (Å²) in [6.45, 7) is 0. The van der Waals surface area contributed by atoms with Crippen LogP contribution in [0.25, 0.3) is 32.7 Å². The molecule has 6 rings (SSSR count). The van der Waals surface area contributed by atoms with Gasteiger partial charge in [-0.05, 0) is 84.5 Å². The number of nitro groups is 1. The van der Waals surface area contributed by atoms with Gasteiger partial charge in [0.15, 0.2) is 0 Å². The largest absolute Gasteiger partial charge is 0.480 e. The Labute approximate surface area is 288 Å². The minimum atomic E-state index is -1.14. The summed E-state index contributed by atoms with van der Waals surface area (Å²) in [4.78, 5) is 44.6. The van der Waals surface area contributed by atoms with Crippen molar-refractivity contribution in [1.29, 1.82) is 0 Å². The van der Waals surface area contributed by atoms with E-state index in [9.17, 15) is 19.7 Å². The molecule has 15 heteroatoms. The monoisotopic (exact) mass is 708 g/mol. The maximum Gasteiger partial charge on any atom is 0.320 e. The zero-order valence-corrected chi connectivity index (χ0v) is 28.8. The highest BCUT2D eigenvalue weighted by atomic mass is 32.2. The summed E-state index contributed by atoms with van der Waals surface area (Å²) < 4.78 is 0. The molecule has 252 valence electrons. The van der Waals surface area contributed by atoms with E-state index in [2.05, 4.69) is 51.5 Å². The van der Waals surface area contributed by atoms with Gasteiger partial charge in [-0.2, -0.15) is 0 Å². The summed E-state index contributed by atoms with van der Waals surface area (Å²) >= 11 is 4.71. The Bertz CT molecular complexity index is 2060. The van der Waals surface area contributed by atoms with Crippen LogP contribution >= 0.6 is 35.3 Å². The second kappa shape index (κ2) is 16.6. The summed E-state index contributed by atoms with van der Waals surface area (Å²) in [6, 6.07) is 16.1. The highest BCUT2D eigenvalue weighted by molar-refractivity contribution is 7.99. The lowest BCUT2D eigenvalue weighted by Crippen LogP contribution is -2.32. The molecule has 3 aromatic carbocycles. The predicted molar refractivity (Wildman–Crippen MR) is 196 cm³/mol. The third-order valence-corrected chi connectivity index (χ3v) is 9.74. The van der Waals surface area contributed by atoms with Crippen molar-refractivity contribution < 1.29 is 24.7 Å². The lowest BCUT2D eigenvalue weighted by Gasteiger charge is -2.06. The molecule has 6 aromatic rings. The van der Waals surface area contributed by atoms with E-state index >= 15 is 0 Å². The van der Waals surface area contributed by atoms with Crippen LogP contribution in [0.15, 0.2) is 87.9 Å². The van der Waals surface area contributed by atoms with Gasteiger partial charge >= 0.3 is 11.9 Å². The van der Waals surface area contributed by atoms with Crippen LogP contribution in [0.5, 0.6) is 0 Å². The van der Waals surface area contributed by atoms with Gasteiger partial charge in [-0.3, -0.25) is 19.7 Å². The Hall–Kier alpha value is -4.41. The van der Waals surface area contributed by atoms with Crippen molar-refractivity contribution in [1.82, 2.24) is 15.0 Å². The molecule has 12 nitrogen and oxygen atoms in total. The van der Waals surface area contributed by atoms with E-state index in [-0.39, 0.29) is 12.1 Å². The first kappa shape index (κ1) is 36.4. The lowest BCUT2D eigenvalue weighted by atomic mass is 10.0. The van der Waals surface area contributed by atoms with E-state index in [4.69, 9.17) is 21.7 Å². The predicted octanol–water partition coefficient (Wildman–Crippen LogP) is 6.49. The van der Waals surface area contributed by atoms with E-state index < -0.39 is 28.9 Å². The van der Waals surface area contributed by atoms with Gasteiger partial charge in [0.1, 0.15) is 12.1 Å². The van der Waals surface area contributed by atoms with Gasteiger partial charge in [0, 0.05) is 63.0 Å². The summed E-state index contributed by atoms with van der Waals surface area (Å²) in [7, 11) is 0. The lowest BCUT2D eigenvalue weighted by molar-refractivity contribution is -0.385. The second-order valence-electron chi connectivity index (χ2n) is 10.6. The number of carboxylic acid groups (broad SMARTS) is 2. The second-order valence-corrected chi connectivity index (χ2v) is 13.2. The number of nitrogens with one attached hydrogen (secondary N) is 3. The molecule has 0 amide bonds. The summed E-state index contributed by atoms with van der Waals surface area (Å²) in [5, 5.41) is 31.7. The van der Waals surface area contributed by atoms with Gasteiger partial charge in [-0.25, -0.2) is 0 Å². The number of thioether (sulfide) groups is 3. The van der Waals surface area contributed by atoms with Crippen molar-refractivity contribution in [2.45, 2.75) is 39.6 Å². The molecule has 0 fully saturated rings. The maximum atomic E-state index is 11.3.